The van der Waals surface area contributed by atoms with Crippen LogP contribution in [0, 0.1) is 11.6 Å². The summed E-state index contributed by atoms with van der Waals surface area (Å²) in [4.78, 5) is 19.3. The van der Waals surface area contributed by atoms with Crippen LogP contribution < -0.4 is 10.2 Å². The summed E-state index contributed by atoms with van der Waals surface area (Å²) in [5, 5.41) is 3.51. The number of nitrogens with zero attached hydrogens (tertiary/aromatic N) is 2. The van der Waals surface area contributed by atoms with Crippen molar-refractivity contribution in [3.05, 3.63) is 40.3 Å². The Morgan fingerprint density at radius 1 is 1.29 bits per heavy atom. The highest BCUT2D eigenvalue weighted by molar-refractivity contribution is 7.16. The molecule has 0 saturated carbocycles. The van der Waals surface area contributed by atoms with Crippen LogP contribution in [0.5, 0.6) is 0 Å². The maximum Gasteiger partial charge on any atom is 0.226 e. The molecule has 0 unspecified atom stereocenters. The molecule has 24 heavy (non-hydrogen) atoms. The molecule has 2 aliphatic heterocycles. The van der Waals surface area contributed by atoms with Gasteiger partial charge in [0.05, 0.1) is 18.1 Å². The van der Waals surface area contributed by atoms with E-state index in [4.69, 9.17) is 4.74 Å². The standard InChI is InChI=1S/C16H15F2N3O2S/c17-9-1-2-12(18)10(7-9)11-8-13(22)19-15-14(11)24-16(20-15)21-3-5-23-6-4-21/h1-2,7,11H,3-6,8H2,(H,19,22)/t11-/m1/s1. The summed E-state index contributed by atoms with van der Waals surface area (Å²) in [7, 11) is 0. The van der Waals surface area contributed by atoms with E-state index in [0.717, 1.165) is 41.3 Å². The van der Waals surface area contributed by atoms with Crippen molar-refractivity contribution in [2.75, 3.05) is 36.5 Å². The highest BCUT2D eigenvalue weighted by Crippen LogP contribution is 2.44. The molecule has 4 rings (SSSR count). The van der Waals surface area contributed by atoms with Crippen molar-refractivity contribution in [3.63, 3.8) is 0 Å². The summed E-state index contributed by atoms with van der Waals surface area (Å²) in [5.74, 6) is -1.33. The van der Waals surface area contributed by atoms with Crippen LogP contribution in [0.15, 0.2) is 18.2 Å². The number of halogens is 2. The Morgan fingerprint density at radius 3 is 2.88 bits per heavy atom. The molecule has 0 radical (unpaired) electrons. The van der Waals surface area contributed by atoms with Gasteiger partial charge in [0.15, 0.2) is 5.13 Å². The van der Waals surface area contributed by atoms with Gasteiger partial charge in [-0.2, -0.15) is 0 Å². The third kappa shape index (κ3) is 2.76. The third-order valence-corrected chi connectivity index (χ3v) is 5.45. The second-order valence-corrected chi connectivity index (χ2v) is 6.79. The molecule has 1 amide bonds. The number of amides is 1. The molecule has 0 aliphatic carbocycles. The van der Waals surface area contributed by atoms with Crippen molar-refractivity contribution in [3.8, 4) is 0 Å². The first-order chi connectivity index (χ1) is 11.6. The lowest BCUT2D eigenvalue weighted by Crippen LogP contribution is -2.36. The molecular weight excluding hydrogens is 336 g/mol. The molecule has 0 bridgehead atoms. The Hall–Kier alpha value is -2.06. The van der Waals surface area contributed by atoms with Gasteiger partial charge in [0, 0.05) is 25.4 Å². The number of hydrogen-bond donors (Lipinski definition) is 1. The molecular formula is C16H15F2N3O2S. The lowest BCUT2D eigenvalue weighted by molar-refractivity contribution is -0.116. The Balaban J connectivity index is 1.74. The van der Waals surface area contributed by atoms with Gasteiger partial charge in [-0.25, -0.2) is 13.8 Å². The van der Waals surface area contributed by atoms with Gasteiger partial charge >= 0.3 is 0 Å². The number of hydrogen-bond acceptors (Lipinski definition) is 5. The summed E-state index contributed by atoms with van der Waals surface area (Å²) in [6.45, 7) is 2.69. The number of fused-ring (bicyclic) bond motifs is 1. The fraction of sp³-hybridized carbons (Fsp3) is 0.375. The molecule has 1 saturated heterocycles. The van der Waals surface area contributed by atoms with Gasteiger partial charge in [-0.15, -0.1) is 0 Å². The van der Waals surface area contributed by atoms with Gasteiger partial charge in [-0.05, 0) is 23.8 Å². The zero-order valence-electron chi connectivity index (χ0n) is 12.7. The fourth-order valence-corrected chi connectivity index (χ4v) is 4.22. The number of thiazole rings is 1. The van der Waals surface area contributed by atoms with Crippen molar-refractivity contribution in [1.82, 2.24) is 4.98 Å². The third-order valence-electron chi connectivity index (χ3n) is 4.22. The average Bonchev–Trinajstić information content (AvgIpc) is 3.01. The molecule has 1 atom stereocenters. The van der Waals surface area contributed by atoms with Crippen LogP contribution in [-0.2, 0) is 9.53 Å². The summed E-state index contributed by atoms with van der Waals surface area (Å²) < 4.78 is 33.1. The monoisotopic (exact) mass is 351 g/mol. The largest absolute Gasteiger partial charge is 0.378 e. The fourth-order valence-electron chi connectivity index (χ4n) is 3.03. The molecule has 1 aromatic carbocycles. The number of carbonyl (C=O) groups excluding carboxylic acids is 1. The van der Waals surface area contributed by atoms with E-state index in [0.29, 0.717) is 19.0 Å². The second-order valence-electron chi connectivity index (χ2n) is 5.78. The molecule has 1 fully saturated rings. The van der Waals surface area contributed by atoms with Crippen molar-refractivity contribution < 1.29 is 18.3 Å². The van der Waals surface area contributed by atoms with E-state index in [2.05, 4.69) is 15.2 Å². The topological polar surface area (TPSA) is 54.5 Å². The average molecular weight is 351 g/mol. The van der Waals surface area contributed by atoms with Crippen LogP contribution in [0.1, 0.15) is 22.8 Å². The molecule has 0 spiro atoms. The van der Waals surface area contributed by atoms with Gasteiger partial charge in [0.2, 0.25) is 5.91 Å². The second kappa shape index (κ2) is 6.10. The molecule has 126 valence electrons. The van der Waals surface area contributed by atoms with E-state index in [-0.39, 0.29) is 17.9 Å². The summed E-state index contributed by atoms with van der Waals surface area (Å²) >= 11 is 1.42. The molecule has 2 aliphatic rings. The first-order valence-electron chi connectivity index (χ1n) is 7.70. The normalized spacial score (nSPS) is 20.7. The number of anilines is 2. The van der Waals surface area contributed by atoms with E-state index in [1.165, 1.54) is 11.3 Å². The number of morpholine rings is 1. The zero-order valence-corrected chi connectivity index (χ0v) is 13.5. The van der Waals surface area contributed by atoms with Crippen LogP contribution in [-0.4, -0.2) is 37.2 Å². The minimum atomic E-state index is -0.517. The number of ether oxygens (including phenoxy) is 1. The van der Waals surface area contributed by atoms with Crippen molar-refractivity contribution >= 4 is 28.2 Å². The minimum Gasteiger partial charge on any atom is -0.378 e. The predicted molar refractivity (Wildman–Crippen MR) is 86.6 cm³/mol. The van der Waals surface area contributed by atoms with Crippen LogP contribution in [0.2, 0.25) is 0 Å². The molecule has 1 aromatic heterocycles. The molecule has 2 aromatic rings. The minimum absolute atomic E-state index is 0.0815. The highest BCUT2D eigenvalue weighted by atomic mass is 32.1. The van der Waals surface area contributed by atoms with Crippen LogP contribution >= 0.6 is 11.3 Å². The highest BCUT2D eigenvalue weighted by Gasteiger charge is 2.33. The Morgan fingerprint density at radius 2 is 2.08 bits per heavy atom. The lowest BCUT2D eigenvalue weighted by atomic mass is 9.91. The van der Waals surface area contributed by atoms with Gasteiger partial charge in [-0.1, -0.05) is 11.3 Å². The smallest absolute Gasteiger partial charge is 0.226 e. The number of nitrogens with one attached hydrogen (secondary N) is 1. The number of carbonyl (C=O) groups is 1. The van der Waals surface area contributed by atoms with Gasteiger partial charge in [0.25, 0.3) is 0 Å². The molecule has 8 heteroatoms. The number of aromatic nitrogens is 1. The predicted octanol–water partition coefficient (Wildman–Crippen LogP) is 2.73. The van der Waals surface area contributed by atoms with Crippen LogP contribution in [0.3, 0.4) is 0 Å². The Labute approximate surface area is 141 Å². The van der Waals surface area contributed by atoms with Gasteiger partial charge in [-0.3, -0.25) is 4.79 Å². The number of benzene rings is 1. The molecule has 5 nitrogen and oxygen atoms in total. The van der Waals surface area contributed by atoms with Crippen LogP contribution in [0.4, 0.5) is 19.7 Å². The van der Waals surface area contributed by atoms with Crippen molar-refractivity contribution in [2.45, 2.75) is 12.3 Å². The first kappa shape index (κ1) is 15.5. The van der Waals surface area contributed by atoms with Crippen LogP contribution in [0.25, 0.3) is 0 Å². The van der Waals surface area contributed by atoms with E-state index < -0.39 is 17.6 Å². The molecule has 3 heterocycles. The van der Waals surface area contributed by atoms with Gasteiger partial charge < -0.3 is 15.0 Å². The summed E-state index contributed by atoms with van der Waals surface area (Å²) in [6, 6.07) is 3.34. The maximum atomic E-state index is 14.2. The quantitative estimate of drug-likeness (QED) is 0.904. The maximum absolute atomic E-state index is 14.2. The number of rotatable bonds is 2. The van der Waals surface area contributed by atoms with Gasteiger partial charge in [0.1, 0.15) is 17.5 Å². The zero-order chi connectivity index (χ0) is 16.7. The molecule has 1 N–H and O–H groups in total. The van der Waals surface area contributed by atoms with E-state index in [9.17, 15) is 13.6 Å². The van der Waals surface area contributed by atoms with Crippen molar-refractivity contribution in [2.24, 2.45) is 0 Å². The summed E-state index contributed by atoms with van der Waals surface area (Å²) in [5.41, 5.74) is 0.197. The van der Waals surface area contributed by atoms with Crippen molar-refractivity contribution in [1.29, 1.82) is 0 Å². The van der Waals surface area contributed by atoms with E-state index in [1.54, 1.807) is 0 Å². The Bertz CT molecular complexity index is 790. The SMILES string of the molecule is O=C1C[C@H](c2cc(F)ccc2F)c2sc(N3CCOCC3)nc2N1. The van der Waals surface area contributed by atoms with E-state index in [1.807, 2.05) is 0 Å². The first-order valence-corrected chi connectivity index (χ1v) is 8.51. The van der Waals surface area contributed by atoms with E-state index >= 15 is 0 Å². The lowest BCUT2D eigenvalue weighted by Gasteiger charge is -2.26. The Kier molecular flexibility index (Phi) is 3.93. The summed E-state index contributed by atoms with van der Waals surface area (Å²) in [6.07, 6.45) is 0.0815.